The Balaban J connectivity index is 1.60. The lowest BCUT2D eigenvalue weighted by atomic mass is 9.77. The number of aromatic nitrogens is 5. The highest BCUT2D eigenvalue weighted by Gasteiger charge is 2.44. The molecule has 1 fully saturated rings. The molecular weight excluding hydrogens is 330 g/mol. The van der Waals surface area contributed by atoms with Crippen LogP contribution in [0.2, 0.25) is 0 Å². The van der Waals surface area contributed by atoms with Crippen LogP contribution in [0.5, 0.6) is 0 Å². The minimum atomic E-state index is 0.0148. The molecular formula is C18H21N7O. The zero-order valence-corrected chi connectivity index (χ0v) is 15.0. The fourth-order valence-electron chi connectivity index (χ4n) is 4.57. The average molecular weight is 351 g/mol. The van der Waals surface area contributed by atoms with E-state index in [1.807, 2.05) is 20.0 Å². The molecule has 1 unspecified atom stereocenters. The van der Waals surface area contributed by atoms with Crippen LogP contribution in [0.3, 0.4) is 0 Å². The summed E-state index contributed by atoms with van der Waals surface area (Å²) in [6.45, 7) is 5.65. The SMILES string of the molecule is Cc1nc(N2CCCC3(CCc4cnc(N)nc43)C2)c2c(C)noc2n1. The van der Waals surface area contributed by atoms with Crippen molar-refractivity contribution < 1.29 is 4.52 Å². The van der Waals surface area contributed by atoms with Crippen LogP contribution >= 0.6 is 0 Å². The van der Waals surface area contributed by atoms with E-state index in [-0.39, 0.29) is 5.41 Å². The molecule has 26 heavy (non-hydrogen) atoms. The molecule has 5 rings (SSSR count). The largest absolute Gasteiger partial charge is 0.368 e. The number of hydrogen-bond acceptors (Lipinski definition) is 8. The molecule has 1 spiro atoms. The standard InChI is InChI=1S/C18H21N7O/c1-10-13-15(21-11(2)22-16(13)26-24-10)25-7-3-5-18(9-25)6-4-12-8-20-17(19)23-14(12)18/h8H,3-7,9H2,1-2H3,(H2,19,20,23). The van der Waals surface area contributed by atoms with Crippen molar-refractivity contribution in [2.75, 3.05) is 23.7 Å². The van der Waals surface area contributed by atoms with Gasteiger partial charge in [-0.2, -0.15) is 4.98 Å². The van der Waals surface area contributed by atoms with Gasteiger partial charge in [-0.1, -0.05) is 5.16 Å². The summed E-state index contributed by atoms with van der Waals surface area (Å²) in [7, 11) is 0. The summed E-state index contributed by atoms with van der Waals surface area (Å²) in [6.07, 6.45) is 6.17. The Bertz CT molecular complexity index is 1010. The highest BCUT2D eigenvalue weighted by atomic mass is 16.5. The fraction of sp³-hybridized carbons (Fsp3) is 0.500. The minimum Gasteiger partial charge on any atom is -0.368 e. The maximum atomic E-state index is 5.89. The highest BCUT2D eigenvalue weighted by Crippen LogP contribution is 2.45. The Morgan fingerprint density at radius 3 is 2.96 bits per heavy atom. The number of fused-ring (bicyclic) bond motifs is 3. The molecule has 3 aromatic heterocycles. The average Bonchev–Trinajstić information content (AvgIpc) is 3.16. The molecule has 0 amide bonds. The summed E-state index contributed by atoms with van der Waals surface area (Å²) >= 11 is 0. The first-order valence-electron chi connectivity index (χ1n) is 9.03. The molecule has 1 atom stereocenters. The summed E-state index contributed by atoms with van der Waals surface area (Å²) in [5.74, 6) is 1.97. The second-order valence-electron chi connectivity index (χ2n) is 7.45. The number of piperidine rings is 1. The predicted octanol–water partition coefficient (Wildman–Crippen LogP) is 2.09. The van der Waals surface area contributed by atoms with Crippen LogP contribution < -0.4 is 10.6 Å². The van der Waals surface area contributed by atoms with Gasteiger partial charge < -0.3 is 15.2 Å². The Hall–Kier alpha value is -2.77. The lowest BCUT2D eigenvalue weighted by Crippen LogP contribution is -2.46. The monoisotopic (exact) mass is 351 g/mol. The van der Waals surface area contributed by atoms with Crippen molar-refractivity contribution in [3.8, 4) is 0 Å². The second kappa shape index (κ2) is 5.36. The van der Waals surface area contributed by atoms with E-state index >= 15 is 0 Å². The van der Waals surface area contributed by atoms with Crippen LogP contribution in [-0.4, -0.2) is 38.2 Å². The lowest BCUT2D eigenvalue weighted by molar-refractivity contribution is 0.334. The van der Waals surface area contributed by atoms with Crippen LogP contribution in [0.1, 0.15) is 42.0 Å². The third-order valence-electron chi connectivity index (χ3n) is 5.73. The Morgan fingerprint density at radius 1 is 1.19 bits per heavy atom. The normalized spacial score (nSPS) is 22.3. The maximum absolute atomic E-state index is 5.89. The number of nitrogens with two attached hydrogens (primary N) is 1. The molecule has 0 saturated carbocycles. The van der Waals surface area contributed by atoms with Gasteiger partial charge in [0.25, 0.3) is 5.71 Å². The Labute approximate surface area is 150 Å². The Morgan fingerprint density at radius 2 is 2.08 bits per heavy atom. The summed E-state index contributed by atoms with van der Waals surface area (Å²) < 4.78 is 5.39. The summed E-state index contributed by atoms with van der Waals surface area (Å²) in [5, 5.41) is 5.00. The molecule has 0 bridgehead atoms. The molecule has 8 nitrogen and oxygen atoms in total. The third kappa shape index (κ3) is 2.17. The highest BCUT2D eigenvalue weighted by molar-refractivity contribution is 5.88. The van der Waals surface area contributed by atoms with Crippen LogP contribution in [0.15, 0.2) is 10.7 Å². The van der Waals surface area contributed by atoms with E-state index in [4.69, 9.17) is 15.2 Å². The number of nitrogen functional groups attached to an aromatic ring is 1. The van der Waals surface area contributed by atoms with Gasteiger partial charge in [-0.05, 0) is 45.1 Å². The first-order chi connectivity index (χ1) is 12.6. The van der Waals surface area contributed by atoms with Crippen LogP contribution in [-0.2, 0) is 11.8 Å². The van der Waals surface area contributed by atoms with Crippen molar-refractivity contribution in [3.05, 3.63) is 29.0 Å². The zero-order valence-electron chi connectivity index (χ0n) is 15.0. The molecule has 1 aliphatic heterocycles. The van der Waals surface area contributed by atoms with Gasteiger partial charge in [-0.25, -0.2) is 15.0 Å². The van der Waals surface area contributed by atoms with Crippen molar-refractivity contribution >= 4 is 22.9 Å². The number of rotatable bonds is 1. The van der Waals surface area contributed by atoms with Gasteiger partial charge in [0, 0.05) is 24.7 Å². The van der Waals surface area contributed by atoms with Crippen molar-refractivity contribution in [2.24, 2.45) is 0 Å². The minimum absolute atomic E-state index is 0.0148. The summed E-state index contributed by atoms with van der Waals surface area (Å²) in [4.78, 5) is 20.3. The zero-order chi connectivity index (χ0) is 17.9. The van der Waals surface area contributed by atoms with Gasteiger partial charge in [-0.3, -0.25) is 0 Å². The number of aryl methyl sites for hydroxylation is 3. The predicted molar refractivity (Wildman–Crippen MR) is 97.0 cm³/mol. The van der Waals surface area contributed by atoms with Crippen molar-refractivity contribution in [2.45, 2.75) is 44.9 Å². The van der Waals surface area contributed by atoms with Gasteiger partial charge in [0.15, 0.2) is 0 Å². The molecule has 1 aliphatic carbocycles. The molecule has 8 heteroatoms. The van der Waals surface area contributed by atoms with Gasteiger partial charge in [-0.15, -0.1) is 0 Å². The Kier molecular flexibility index (Phi) is 3.19. The van der Waals surface area contributed by atoms with Gasteiger partial charge in [0.1, 0.15) is 17.0 Å². The van der Waals surface area contributed by atoms with Crippen LogP contribution in [0, 0.1) is 13.8 Å². The summed E-state index contributed by atoms with van der Waals surface area (Å²) in [6, 6.07) is 0. The van der Waals surface area contributed by atoms with Gasteiger partial charge in [0.05, 0.1) is 11.4 Å². The van der Waals surface area contributed by atoms with E-state index in [0.717, 1.165) is 61.4 Å². The molecule has 4 heterocycles. The molecule has 134 valence electrons. The van der Waals surface area contributed by atoms with Gasteiger partial charge in [0.2, 0.25) is 5.95 Å². The van der Waals surface area contributed by atoms with E-state index in [2.05, 4.69) is 25.0 Å². The second-order valence-corrected chi connectivity index (χ2v) is 7.45. The smallest absolute Gasteiger partial charge is 0.263 e. The van der Waals surface area contributed by atoms with Crippen molar-refractivity contribution in [1.29, 1.82) is 0 Å². The van der Waals surface area contributed by atoms with Gasteiger partial charge >= 0.3 is 0 Å². The first-order valence-corrected chi connectivity index (χ1v) is 9.03. The van der Waals surface area contributed by atoms with E-state index < -0.39 is 0 Å². The topological polar surface area (TPSA) is 107 Å². The van der Waals surface area contributed by atoms with Crippen molar-refractivity contribution in [3.63, 3.8) is 0 Å². The quantitative estimate of drug-likeness (QED) is 0.710. The van der Waals surface area contributed by atoms with E-state index in [9.17, 15) is 0 Å². The van der Waals surface area contributed by atoms with E-state index in [1.54, 1.807) is 0 Å². The van der Waals surface area contributed by atoms with Crippen LogP contribution in [0.25, 0.3) is 11.1 Å². The lowest BCUT2D eigenvalue weighted by Gasteiger charge is -2.41. The third-order valence-corrected chi connectivity index (χ3v) is 5.73. The number of anilines is 2. The first kappa shape index (κ1) is 15.5. The van der Waals surface area contributed by atoms with E-state index in [0.29, 0.717) is 17.5 Å². The summed E-state index contributed by atoms with van der Waals surface area (Å²) in [5.41, 5.74) is 9.64. The molecule has 0 aromatic carbocycles. The molecule has 2 aliphatic rings. The number of hydrogen-bond donors (Lipinski definition) is 1. The molecule has 3 aromatic rings. The fourth-order valence-corrected chi connectivity index (χ4v) is 4.57. The van der Waals surface area contributed by atoms with Crippen LogP contribution in [0.4, 0.5) is 11.8 Å². The molecule has 2 N–H and O–H groups in total. The van der Waals surface area contributed by atoms with Crippen molar-refractivity contribution in [1.82, 2.24) is 25.1 Å². The van der Waals surface area contributed by atoms with E-state index in [1.165, 1.54) is 5.56 Å². The number of nitrogens with zero attached hydrogens (tertiary/aromatic N) is 6. The molecule has 1 saturated heterocycles. The maximum Gasteiger partial charge on any atom is 0.263 e. The molecule has 0 radical (unpaired) electrons.